The highest BCUT2D eigenvalue weighted by Gasteiger charge is 2.35. The quantitative estimate of drug-likeness (QED) is 0.623. The Morgan fingerprint density at radius 2 is 2.11 bits per heavy atom. The molecular formula is C5H7Br3O. The summed E-state index contributed by atoms with van der Waals surface area (Å²) >= 11 is 10.3. The molecule has 0 aromatic heterocycles. The van der Waals surface area contributed by atoms with E-state index < -0.39 is 0 Å². The van der Waals surface area contributed by atoms with Crippen molar-refractivity contribution in [1.29, 1.82) is 0 Å². The van der Waals surface area contributed by atoms with E-state index in [2.05, 4.69) is 47.8 Å². The van der Waals surface area contributed by atoms with Crippen molar-refractivity contribution in [1.82, 2.24) is 0 Å². The lowest BCUT2D eigenvalue weighted by Gasteiger charge is -2.30. The Bertz CT molecular complexity index is 104. The Morgan fingerprint density at radius 1 is 1.44 bits per heavy atom. The van der Waals surface area contributed by atoms with Gasteiger partial charge in [-0.1, -0.05) is 15.9 Å². The van der Waals surface area contributed by atoms with Crippen LogP contribution >= 0.6 is 47.8 Å². The lowest BCUT2D eigenvalue weighted by atomic mass is 10.2. The zero-order valence-corrected chi connectivity index (χ0v) is 9.50. The van der Waals surface area contributed by atoms with Gasteiger partial charge in [-0.3, -0.25) is 0 Å². The average Bonchev–Trinajstić information content (AvgIpc) is 1.77. The summed E-state index contributed by atoms with van der Waals surface area (Å²) in [5.41, 5.74) is 0. The van der Waals surface area contributed by atoms with Crippen LogP contribution in [0.5, 0.6) is 0 Å². The molecule has 1 nitrogen and oxygen atoms in total. The smallest absolute Gasteiger partial charge is 0.190 e. The molecule has 1 saturated heterocycles. The van der Waals surface area contributed by atoms with E-state index in [1.54, 1.807) is 0 Å². The Kier molecular flexibility index (Phi) is 3.02. The van der Waals surface area contributed by atoms with E-state index in [0.29, 0.717) is 4.83 Å². The highest BCUT2D eigenvalue weighted by Crippen LogP contribution is 2.41. The standard InChI is InChI=1S/C5H7Br3O/c6-4-2-1-3-9-5(4,7)8/h4H,1-3H2. The maximum Gasteiger partial charge on any atom is 0.190 e. The second-order valence-corrected chi connectivity index (χ2v) is 6.55. The molecule has 0 spiro atoms. The summed E-state index contributed by atoms with van der Waals surface area (Å²) in [6, 6.07) is 0. The van der Waals surface area contributed by atoms with Crippen LogP contribution in [0.15, 0.2) is 0 Å². The lowest BCUT2D eigenvalue weighted by Crippen LogP contribution is -2.33. The molecule has 1 aliphatic heterocycles. The van der Waals surface area contributed by atoms with E-state index in [1.165, 1.54) is 0 Å². The molecule has 1 unspecified atom stereocenters. The molecule has 54 valence electrons. The number of hydrogen-bond donors (Lipinski definition) is 0. The molecule has 9 heavy (non-hydrogen) atoms. The fourth-order valence-corrected chi connectivity index (χ4v) is 1.97. The molecule has 1 rings (SSSR count). The van der Waals surface area contributed by atoms with Crippen molar-refractivity contribution < 1.29 is 4.74 Å². The summed E-state index contributed by atoms with van der Waals surface area (Å²) < 4.78 is 5.04. The second-order valence-electron chi connectivity index (χ2n) is 2.02. The van der Waals surface area contributed by atoms with E-state index in [9.17, 15) is 0 Å². The molecule has 1 heterocycles. The van der Waals surface area contributed by atoms with Gasteiger partial charge in [-0.15, -0.1) is 0 Å². The van der Waals surface area contributed by atoms with Crippen LogP contribution < -0.4 is 0 Å². The van der Waals surface area contributed by atoms with Crippen LogP contribution in [-0.2, 0) is 4.74 Å². The van der Waals surface area contributed by atoms with Crippen LogP contribution in [0.25, 0.3) is 0 Å². The van der Waals surface area contributed by atoms with Gasteiger partial charge in [0.1, 0.15) is 0 Å². The van der Waals surface area contributed by atoms with Crippen LogP contribution in [0.2, 0.25) is 0 Å². The van der Waals surface area contributed by atoms with Crippen LogP contribution in [0.3, 0.4) is 0 Å². The summed E-state index contributed by atoms with van der Waals surface area (Å²) in [6.07, 6.45) is 2.28. The molecule has 0 saturated carbocycles. The highest BCUT2D eigenvalue weighted by atomic mass is 79.9. The van der Waals surface area contributed by atoms with Gasteiger partial charge >= 0.3 is 0 Å². The summed E-state index contributed by atoms with van der Waals surface area (Å²) in [4.78, 5) is 0.374. The van der Waals surface area contributed by atoms with Crippen molar-refractivity contribution in [3.63, 3.8) is 0 Å². The predicted octanol–water partition coefficient (Wildman–Crippen LogP) is 3.00. The van der Waals surface area contributed by atoms with Crippen LogP contribution in [0, 0.1) is 0 Å². The van der Waals surface area contributed by atoms with E-state index >= 15 is 0 Å². The van der Waals surface area contributed by atoms with Gasteiger partial charge in [-0.2, -0.15) is 0 Å². The Morgan fingerprint density at radius 3 is 2.44 bits per heavy atom. The second kappa shape index (κ2) is 3.20. The third-order valence-corrected chi connectivity index (χ3v) is 5.16. The zero-order valence-electron chi connectivity index (χ0n) is 4.74. The van der Waals surface area contributed by atoms with Crippen LogP contribution in [0.4, 0.5) is 0 Å². The van der Waals surface area contributed by atoms with E-state index in [1.807, 2.05) is 0 Å². The summed E-state index contributed by atoms with van der Waals surface area (Å²) in [6.45, 7) is 0.832. The monoisotopic (exact) mass is 320 g/mol. The molecule has 0 bridgehead atoms. The van der Waals surface area contributed by atoms with Crippen molar-refractivity contribution >= 4 is 47.8 Å². The van der Waals surface area contributed by atoms with Crippen LogP contribution in [-0.4, -0.2) is 14.9 Å². The topological polar surface area (TPSA) is 9.23 Å². The van der Waals surface area contributed by atoms with E-state index in [4.69, 9.17) is 4.74 Å². The minimum absolute atomic E-state index is 0.321. The van der Waals surface area contributed by atoms with Crippen LogP contribution in [0.1, 0.15) is 12.8 Å². The summed E-state index contributed by atoms with van der Waals surface area (Å²) in [5, 5.41) is 0. The third kappa shape index (κ3) is 2.17. The van der Waals surface area contributed by atoms with Crippen molar-refractivity contribution in [3.05, 3.63) is 0 Å². The normalized spacial score (nSPS) is 34.3. The molecular weight excluding hydrogens is 316 g/mol. The molecule has 1 fully saturated rings. The van der Waals surface area contributed by atoms with Gasteiger partial charge in [0.2, 0.25) is 0 Å². The Hall–Kier alpha value is 1.40. The number of halogens is 3. The van der Waals surface area contributed by atoms with E-state index in [-0.39, 0.29) is 3.42 Å². The molecule has 0 aromatic carbocycles. The number of hydrogen-bond acceptors (Lipinski definition) is 1. The van der Waals surface area contributed by atoms with Crippen molar-refractivity contribution in [2.24, 2.45) is 0 Å². The fourth-order valence-electron chi connectivity index (χ4n) is 0.729. The van der Waals surface area contributed by atoms with Gasteiger partial charge < -0.3 is 4.74 Å². The predicted molar refractivity (Wildman–Crippen MR) is 48.5 cm³/mol. The maximum atomic E-state index is 5.36. The molecule has 0 radical (unpaired) electrons. The van der Waals surface area contributed by atoms with Gasteiger partial charge in [-0.05, 0) is 44.7 Å². The van der Waals surface area contributed by atoms with E-state index in [0.717, 1.165) is 19.4 Å². The van der Waals surface area contributed by atoms with Gasteiger partial charge in [0.25, 0.3) is 0 Å². The zero-order chi connectivity index (χ0) is 6.91. The first-order valence-electron chi connectivity index (χ1n) is 2.79. The molecule has 0 aromatic rings. The summed E-state index contributed by atoms with van der Waals surface area (Å²) in [7, 11) is 0. The number of alkyl halides is 3. The fraction of sp³-hybridized carbons (Fsp3) is 1.00. The maximum absolute atomic E-state index is 5.36. The first kappa shape index (κ1) is 8.50. The first-order valence-corrected chi connectivity index (χ1v) is 5.29. The molecule has 1 aliphatic rings. The van der Waals surface area contributed by atoms with Gasteiger partial charge in [0.15, 0.2) is 3.42 Å². The lowest BCUT2D eigenvalue weighted by molar-refractivity contribution is 0.0660. The largest absolute Gasteiger partial charge is 0.352 e. The third-order valence-electron chi connectivity index (χ3n) is 1.26. The average molecular weight is 323 g/mol. The SMILES string of the molecule is BrC1CCCOC1(Br)Br. The summed E-state index contributed by atoms with van der Waals surface area (Å²) in [5.74, 6) is 0. The van der Waals surface area contributed by atoms with Gasteiger partial charge in [0.05, 0.1) is 4.83 Å². The number of rotatable bonds is 0. The van der Waals surface area contributed by atoms with Crippen molar-refractivity contribution in [2.45, 2.75) is 21.1 Å². The Balaban J connectivity index is 2.49. The molecule has 4 heteroatoms. The van der Waals surface area contributed by atoms with Crippen molar-refractivity contribution in [3.8, 4) is 0 Å². The molecule has 1 atom stereocenters. The molecule has 0 aliphatic carbocycles. The van der Waals surface area contributed by atoms with Gasteiger partial charge in [-0.25, -0.2) is 0 Å². The Labute approximate surface area is 79.9 Å². The highest BCUT2D eigenvalue weighted by molar-refractivity contribution is 9.26. The minimum Gasteiger partial charge on any atom is -0.352 e. The first-order chi connectivity index (χ1) is 4.13. The molecule has 0 amide bonds. The number of ether oxygens (including phenoxy) is 1. The van der Waals surface area contributed by atoms with Crippen molar-refractivity contribution in [2.75, 3.05) is 6.61 Å². The minimum atomic E-state index is -0.321. The van der Waals surface area contributed by atoms with Gasteiger partial charge in [0, 0.05) is 6.61 Å². The molecule has 0 N–H and O–H groups in total.